The molecule has 29 heavy (non-hydrogen) atoms. The minimum absolute atomic E-state index is 0.270. The Kier molecular flexibility index (Phi) is 7.57. The van der Waals surface area contributed by atoms with Crippen LogP contribution in [0.4, 0.5) is 4.79 Å². The number of imide groups is 1. The highest BCUT2D eigenvalue weighted by atomic mass is 16.5. The van der Waals surface area contributed by atoms with Gasteiger partial charge in [-0.2, -0.15) is 5.26 Å². The number of benzene rings is 2. The molecule has 2 rings (SSSR count). The van der Waals surface area contributed by atoms with Crippen molar-refractivity contribution >= 4 is 18.0 Å². The molecule has 0 saturated carbocycles. The van der Waals surface area contributed by atoms with Gasteiger partial charge in [-0.05, 0) is 35.8 Å². The maximum Gasteiger partial charge on any atom is 0.319 e. The Labute approximate surface area is 169 Å². The number of primary amides is 1. The molecule has 0 aliphatic rings. The molecule has 0 aromatic heterocycles. The van der Waals surface area contributed by atoms with Gasteiger partial charge in [0.1, 0.15) is 18.2 Å². The van der Waals surface area contributed by atoms with Crippen LogP contribution in [0, 0.1) is 11.3 Å². The second kappa shape index (κ2) is 10.3. The summed E-state index contributed by atoms with van der Waals surface area (Å²) in [6.45, 7) is 4.11. The molecule has 0 atom stereocenters. The zero-order valence-electron chi connectivity index (χ0n) is 16.0. The molecule has 0 saturated heterocycles. The second-order valence-electron chi connectivity index (χ2n) is 5.97. The lowest BCUT2D eigenvalue weighted by atomic mass is 10.0. The molecule has 2 aromatic rings. The van der Waals surface area contributed by atoms with E-state index in [0.29, 0.717) is 30.1 Å². The molecule has 7 heteroatoms. The number of carbonyl (C=O) groups excluding carboxylic acids is 2. The highest BCUT2D eigenvalue weighted by molar-refractivity contribution is 6.08. The number of carbonyl (C=O) groups is 2. The molecule has 7 nitrogen and oxygen atoms in total. The zero-order chi connectivity index (χ0) is 21.2. The van der Waals surface area contributed by atoms with Crippen molar-refractivity contribution in [2.24, 2.45) is 5.73 Å². The summed E-state index contributed by atoms with van der Waals surface area (Å²) in [4.78, 5) is 22.8. The fourth-order valence-electron chi connectivity index (χ4n) is 2.61. The van der Waals surface area contributed by atoms with Crippen LogP contribution >= 0.6 is 0 Å². The van der Waals surface area contributed by atoms with Gasteiger partial charge in [0.15, 0.2) is 11.5 Å². The third-order valence-corrected chi connectivity index (χ3v) is 3.88. The van der Waals surface area contributed by atoms with E-state index in [1.54, 1.807) is 24.3 Å². The van der Waals surface area contributed by atoms with Crippen LogP contribution in [0.3, 0.4) is 0 Å². The van der Waals surface area contributed by atoms with Gasteiger partial charge in [-0.15, -0.1) is 6.58 Å². The van der Waals surface area contributed by atoms with Crippen LogP contribution in [0.5, 0.6) is 11.5 Å². The minimum atomic E-state index is -1.04. The first-order chi connectivity index (χ1) is 14.0. The number of urea groups is 1. The van der Waals surface area contributed by atoms with Crippen molar-refractivity contribution in [1.82, 2.24) is 5.32 Å². The van der Waals surface area contributed by atoms with Gasteiger partial charge in [0.2, 0.25) is 0 Å². The average molecular weight is 391 g/mol. The van der Waals surface area contributed by atoms with E-state index in [1.807, 2.05) is 35.6 Å². The molecular weight excluding hydrogens is 370 g/mol. The molecule has 0 bridgehead atoms. The number of hydrogen-bond donors (Lipinski definition) is 2. The molecule has 0 spiro atoms. The molecule has 0 heterocycles. The summed E-state index contributed by atoms with van der Waals surface area (Å²) in [5.41, 5.74) is 6.96. The van der Waals surface area contributed by atoms with Gasteiger partial charge in [0.25, 0.3) is 5.91 Å². The number of hydrogen-bond acceptors (Lipinski definition) is 5. The van der Waals surface area contributed by atoms with Crippen LogP contribution < -0.4 is 20.5 Å². The van der Waals surface area contributed by atoms with Gasteiger partial charge in [-0.25, -0.2) is 4.79 Å². The summed E-state index contributed by atoms with van der Waals surface area (Å²) in [5.74, 6) is 0.112. The average Bonchev–Trinajstić information content (AvgIpc) is 2.71. The number of rotatable bonds is 8. The molecule has 0 fully saturated rings. The number of nitrogens with two attached hydrogens (primary N) is 1. The predicted molar refractivity (Wildman–Crippen MR) is 109 cm³/mol. The summed E-state index contributed by atoms with van der Waals surface area (Å²) >= 11 is 0. The van der Waals surface area contributed by atoms with Crippen molar-refractivity contribution in [2.45, 2.75) is 13.0 Å². The third-order valence-electron chi connectivity index (χ3n) is 3.88. The van der Waals surface area contributed by atoms with Crippen molar-refractivity contribution in [2.75, 3.05) is 7.11 Å². The maximum atomic E-state index is 11.9. The highest BCUT2D eigenvalue weighted by Crippen LogP contribution is 2.35. The number of ether oxygens (including phenoxy) is 2. The second-order valence-corrected chi connectivity index (χ2v) is 5.97. The van der Waals surface area contributed by atoms with E-state index in [1.165, 1.54) is 13.2 Å². The Morgan fingerprint density at radius 1 is 1.28 bits per heavy atom. The Hall–Kier alpha value is -4.05. The Balaban J connectivity index is 2.40. The minimum Gasteiger partial charge on any atom is -0.493 e. The molecule has 0 unspecified atom stereocenters. The number of nitrogens with one attached hydrogen (secondary N) is 1. The van der Waals surface area contributed by atoms with Crippen molar-refractivity contribution in [3.63, 3.8) is 0 Å². The van der Waals surface area contributed by atoms with E-state index >= 15 is 0 Å². The first-order valence-corrected chi connectivity index (χ1v) is 8.69. The monoisotopic (exact) mass is 391 g/mol. The smallest absolute Gasteiger partial charge is 0.319 e. The maximum absolute atomic E-state index is 11.9. The fraction of sp³-hybridized carbons (Fsp3) is 0.136. The Morgan fingerprint density at radius 3 is 2.59 bits per heavy atom. The first kappa shape index (κ1) is 21.3. The van der Waals surface area contributed by atoms with Gasteiger partial charge in [0, 0.05) is 5.56 Å². The number of methoxy groups -OCH3 is 1. The third kappa shape index (κ3) is 5.97. The van der Waals surface area contributed by atoms with Crippen LogP contribution in [0.1, 0.15) is 16.7 Å². The van der Waals surface area contributed by atoms with Crippen molar-refractivity contribution in [3.05, 3.63) is 77.4 Å². The van der Waals surface area contributed by atoms with Crippen LogP contribution in [-0.4, -0.2) is 19.0 Å². The molecule has 3 N–H and O–H groups in total. The highest BCUT2D eigenvalue weighted by Gasteiger charge is 2.15. The first-order valence-electron chi connectivity index (χ1n) is 8.69. The molecule has 148 valence electrons. The lowest BCUT2D eigenvalue weighted by molar-refractivity contribution is -0.115. The molecule has 0 aliphatic carbocycles. The summed E-state index contributed by atoms with van der Waals surface area (Å²) in [6, 6.07) is 13.8. The quantitative estimate of drug-likeness (QED) is 0.408. The lowest BCUT2D eigenvalue weighted by Crippen LogP contribution is -2.35. The van der Waals surface area contributed by atoms with E-state index in [0.717, 1.165) is 11.1 Å². The van der Waals surface area contributed by atoms with E-state index in [-0.39, 0.29) is 5.57 Å². The van der Waals surface area contributed by atoms with Gasteiger partial charge >= 0.3 is 6.03 Å². The van der Waals surface area contributed by atoms with Crippen LogP contribution in [0.2, 0.25) is 0 Å². The molecule has 2 aromatic carbocycles. The predicted octanol–water partition coefficient (Wildman–Crippen LogP) is 3.10. The van der Waals surface area contributed by atoms with Crippen LogP contribution in [-0.2, 0) is 17.8 Å². The normalized spacial score (nSPS) is 10.6. The van der Waals surface area contributed by atoms with Gasteiger partial charge < -0.3 is 15.2 Å². The van der Waals surface area contributed by atoms with Crippen LogP contribution in [0.15, 0.2) is 60.7 Å². The van der Waals surface area contributed by atoms with Crippen molar-refractivity contribution < 1.29 is 19.1 Å². The summed E-state index contributed by atoms with van der Waals surface area (Å²) in [5, 5.41) is 11.1. The van der Waals surface area contributed by atoms with Gasteiger partial charge in [-0.3, -0.25) is 10.1 Å². The molecule has 0 aliphatic heterocycles. The Bertz CT molecular complexity index is 976. The molecule has 3 amide bonds. The van der Waals surface area contributed by atoms with Gasteiger partial charge in [-0.1, -0.05) is 36.4 Å². The molecular formula is C22H21N3O4. The molecule has 0 radical (unpaired) electrons. The van der Waals surface area contributed by atoms with E-state index in [2.05, 4.69) is 6.58 Å². The lowest BCUT2D eigenvalue weighted by Gasteiger charge is -2.16. The van der Waals surface area contributed by atoms with Gasteiger partial charge in [0.05, 0.1) is 7.11 Å². The number of nitrogens with zero attached hydrogens (tertiary/aromatic N) is 1. The van der Waals surface area contributed by atoms with Crippen molar-refractivity contribution in [3.8, 4) is 17.6 Å². The zero-order valence-corrected chi connectivity index (χ0v) is 16.0. The number of allylic oxidation sites excluding steroid dienone is 1. The van der Waals surface area contributed by atoms with E-state index in [9.17, 15) is 14.9 Å². The van der Waals surface area contributed by atoms with Crippen LogP contribution in [0.25, 0.3) is 6.08 Å². The number of nitriles is 1. The Morgan fingerprint density at radius 2 is 2.00 bits per heavy atom. The largest absolute Gasteiger partial charge is 0.493 e. The van der Waals surface area contributed by atoms with E-state index < -0.39 is 11.9 Å². The summed E-state index contributed by atoms with van der Waals surface area (Å²) in [7, 11) is 1.50. The number of amides is 3. The topological polar surface area (TPSA) is 114 Å². The van der Waals surface area contributed by atoms with E-state index in [4.69, 9.17) is 15.2 Å². The summed E-state index contributed by atoms with van der Waals surface area (Å²) in [6.07, 6.45) is 3.54. The SMILES string of the molecule is C=CCc1cc(/C=C(/C#N)C(=O)NC(N)=O)cc(OC)c1OCc1ccccc1. The standard InChI is InChI=1S/C22H21N3O4/c1-3-7-17-10-16(11-18(13-23)21(26)25-22(24)27)12-19(28-2)20(17)29-14-15-8-5-4-6-9-15/h3-6,8-12H,1,7,14H2,2H3,(H3,24,25,26,27)/b18-11-. The fourth-order valence-corrected chi connectivity index (χ4v) is 2.61. The summed E-state index contributed by atoms with van der Waals surface area (Å²) < 4.78 is 11.4. The van der Waals surface area contributed by atoms with Crippen molar-refractivity contribution in [1.29, 1.82) is 5.26 Å².